The minimum Gasteiger partial charge on any atom is -0.278 e. The minimum atomic E-state index is -2.47. The lowest BCUT2D eigenvalue weighted by molar-refractivity contribution is 0.892. The lowest BCUT2D eigenvalue weighted by Crippen LogP contribution is -2.12. The lowest BCUT2D eigenvalue weighted by atomic mass is 10.0. The second-order valence-corrected chi connectivity index (χ2v) is 29.8. The average Bonchev–Trinajstić information content (AvgIpc) is 0.930. The van der Waals surface area contributed by atoms with E-state index in [4.69, 9.17) is 15.0 Å². The molecular formula is C87H61N5S2. The molecule has 0 aliphatic carbocycles. The summed E-state index contributed by atoms with van der Waals surface area (Å²) in [5, 5.41) is 4.44. The minimum absolute atomic E-state index is 0.507. The maximum atomic E-state index is 5.93. The second-order valence-electron chi connectivity index (χ2n) is 23.5. The van der Waals surface area contributed by atoms with Gasteiger partial charge in [0.15, 0.2) is 5.82 Å². The van der Waals surface area contributed by atoms with Gasteiger partial charge in [0, 0.05) is 66.3 Å². The SMILES string of the molecule is c1ccc(-c2cccc(S(c3ccccc3)(c3ccccc3)c3cc(-c4nc(-n5c6ccccc6c6ccccc65)nc(-n5c6ccccc6c6cc(-c7ccccc7)ccc65)n4)cc(S(c4ccccc4)(c4ccccc4)c4cccc(-c5ccccc5)c4)c3)c2)cc1. The van der Waals surface area contributed by atoms with Crippen LogP contribution in [0.4, 0.5) is 0 Å². The van der Waals surface area contributed by atoms with Crippen LogP contribution >= 0.6 is 20.1 Å². The van der Waals surface area contributed by atoms with Gasteiger partial charge in [0.25, 0.3) is 0 Å². The molecule has 17 rings (SSSR count). The summed E-state index contributed by atoms with van der Waals surface area (Å²) in [5.41, 5.74) is 11.7. The molecule has 0 spiro atoms. The van der Waals surface area contributed by atoms with Crippen molar-refractivity contribution >= 4 is 63.7 Å². The summed E-state index contributed by atoms with van der Waals surface area (Å²) in [7, 11) is -4.94. The van der Waals surface area contributed by atoms with E-state index in [-0.39, 0.29) is 0 Å². The van der Waals surface area contributed by atoms with Crippen LogP contribution in [0.15, 0.2) is 409 Å². The molecular weight excluding hydrogens is 1180 g/mol. The Morgan fingerprint density at radius 3 is 0.851 bits per heavy atom. The van der Waals surface area contributed by atoms with Gasteiger partial charge in [0.2, 0.25) is 11.9 Å². The van der Waals surface area contributed by atoms with Crippen molar-refractivity contribution in [2.24, 2.45) is 0 Å². The van der Waals surface area contributed by atoms with Crippen molar-refractivity contribution in [1.29, 1.82) is 0 Å². The van der Waals surface area contributed by atoms with Gasteiger partial charge in [-0.05, 0) is 155 Å². The quantitative estimate of drug-likeness (QED) is 0.109. The van der Waals surface area contributed by atoms with Crippen LogP contribution in [0.5, 0.6) is 0 Å². The molecule has 0 bridgehead atoms. The topological polar surface area (TPSA) is 48.5 Å². The van der Waals surface area contributed by atoms with Gasteiger partial charge in [0.05, 0.1) is 22.1 Å². The van der Waals surface area contributed by atoms with Gasteiger partial charge in [-0.25, -0.2) is 0 Å². The molecule has 0 amide bonds. The van der Waals surface area contributed by atoms with Gasteiger partial charge in [-0.1, -0.05) is 249 Å². The molecule has 0 fully saturated rings. The molecule has 94 heavy (non-hydrogen) atoms. The van der Waals surface area contributed by atoms with E-state index in [1.807, 2.05) is 0 Å². The lowest BCUT2D eigenvalue weighted by Gasteiger charge is -2.45. The molecule has 17 aromatic rings. The maximum absolute atomic E-state index is 5.93. The van der Waals surface area contributed by atoms with Crippen molar-refractivity contribution in [3.63, 3.8) is 0 Å². The van der Waals surface area contributed by atoms with Crippen LogP contribution in [-0.2, 0) is 0 Å². The third-order valence-corrected chi connectivity index (χ3v) is 25.9. The van der Waals surface area contributed by atoms with Crippen LogP contribution in [0, 0.1) is 0 Å². The predicted molar refractivity (Wildman–Crippen MR) is 390 cm³/mol. The number of fused-ring (bicyclic) bond motifs is 6. The average molecular weight is 1240 g/mol. The van der Waals surface area contributed by atoms with E-state index in [1.165, 1.54) is 29.4 Å². The Bertz CT molecular complexity index is 5280. The zero-order chi connectivity index (χ0) is 62.4. The molecule has 14 aromatic carbocycles. The van der Waals surface area contributed by atoms with E-state index in [2.05, 4.69) is 379 Å². The molecule has 7 heteroatoms. The van der Waals surface area contributed by atoms with Gasteiger partial charge in [-0.3, -0.25) is 9.13 Å². The highest BCUT2D eigenvalue weighted by molar-refractivity contribution is 8.34. The highest BCUT2D eigenvalue weighted by Gasteiger charge is 2.39. The first-order valence-electron chi connectivity index (χ1n) is 31.8. The molecule has 0 aliphatic rings. The Labute approximate surface area is 549 Å². The van der Waals surface area contributed by atoms with Crippen LogP contribution in [0.1, 0.15) is 0 Å². The van der Waals surface area contributed by atoms with Crippen molar-refractivity contribution in [3.05, 3.63) is 370 Å². The molecule has 0 saturated heterocycles. The molecule has 3 aromatic heterocycles. The third-order valence-electron chi connectivity index (χ3n) is 18.2. The van der Waals surface area contributed by atoms with E-state index in [0.717, 1.165) is 92.3 Å². The molecule has 0 unspecified atom stereocenters. The van der Waals surface area contributed by atoms with Crippen LogP contribution in [-0.4, -0.2) is 24.1 Å². The molecule has 3 heterocycles. The van der Waals surface area contributed by atoms with Gasteiger partial charge >= 0.3 is 0 Å². The van der Waals surface area contributed by atoms with Crippen molar-refractivity contribution in [2.45, 2.75) is 39.2 Å². The Balaban J connectivity index is 1.05. The zero-order valence-corrected chi connectivity index (χ0v) is 52.9. The number of para-hydroxylation sites is 3. The van der Waals surface area contributed by atoms with Crippen LogP contribution in [0.3, 0.4) is 0 Å². The van der Waals surface area contributed by atoms with Gasteiger partial charge in [-0.15, -0.1) is 20.1 Å². The van der Waals surface area contributed by atoms with Crippen molar-refractivity contribution in [3.8, 4) is 56.7 Å². The Morgan fingerprint density at radius 2 is 0.468 bits per heavy atom. The van der Waals surface area contributed by atoms with E-state index < -0.39 is 20.1 Å². The summed E-state index contributed by atoms with van der Waals surface area (Å²) in [4.78, 5) is 27.0. The highest BCUT2D eigenvalue weighted by atomic mass is 32.3. The second kappa shape index (κ2) is 23.9. The summed E-state index contributed by atoms with van der Waals surface area (Å²) in [6.45, 7) is 0. The first-order valence-corrected chi connectivity index (χ1v) is 35.1. The summed E-state index contributed by atoms with van der Waals surface area (Å²) in [6, 6.07) is 136. The van der Waals surface area contributed by atoms with Crippen LogP contribution in [0.25, 0.3) is 100 Å². The highest BCUT2D eigenvalue weighted by Crippen LogP contribution is 2.78. The van der Waals surface area contributed by atoms with Crippen LogP contribution < -0.4 is 0 Å². The van der Waals surface area contributed by atoms with E-state index in [0.29, 0.717) is 17.7 Å². The van der Waals surface area contributed by atoms with Gasteiger partial charge < -0.3 is 0 Å². The van der Waals surface area contributed by atoms with Crippen molar-refractivity contribution < 1.29 is 0 Å². The molecule has 0 atom stereocenters. The molecule has 0 saturated carbocycles. The standard InChI is InChI=1S/C87H61N5S2/c1-8-30-62(31-9-1)65-36-28-46-73(56-65)93(69-38-14-4-15-39-69,70-40-16-5-17-41-70)75-58-68(59-76(61-75)94(71-42-18-6-19-43-71,72-44-20-7-21-45-72)74-47-29-37-66(57-74)63-32-10-2-11-33-63)85-88-86(91-81-51-25-22-48-77(81)78-49-23-26-52-82(78)91)90-87(89-85)92-83-53-27-24-50-79(83)80-60-67(54-55-84(80)92)64-34-12-3-13-35-64/h1-61H. The Kier molecular flexibility index (Phi) is 14.3. The largest absolute Gasteiger partial charge is 0.278 e. The van der Waals surface area contributed by atoms with Crippen molar-refractivity contribution in [2.75, 3.05) is 0 Å². The number of nitrogens with zero attached hydrogens (tertiary/aromatic N) is 5. The normalized spacial score (nSPS) is 12.2. The third kappa shape index (κ3) is 9.55. The van der Waals surface area contributed by atoms with E-state index in [9.17, 15) is 0 Å². The zero-order valence-electron chi connectivity index (χ0n) is 51.3. The van der Waals surface area contributed by atoms with Crippen molar-refractivity contribution in [1.82, 2.24) is 24.1 Å². The fourth-order valence-electron chi connectivity index (χ4n) is 14.0. The Morgan fingerprint density at radius 1 is 0.181 bits per heavy atom. The summed E-state index contributed by atoms with van der Waals surface area (Å²) in [6.07, 6.45) is 0. The van der Waals surface area contributed by atoms with Gasteiger partial charge in [-0.2, -0.15) is 15.0 Å². The number of aromatic nitrogens is 5. The van der Waals surface area contributed by atoms with Gasteiger partial charge in [0.1, 0.15) is 0 Å². The number of rotatable bonds is 14. The number of benzene rings is 14. The number of hydrogen-bond acceptors (Lipinski definition) is 3. The fraction of sp³-hybridized carbons (Fsp3) is 0. The molecule has 446 valence electrons. The maximum Gasteiger partial charge on any atom is 0.240 e. The van der Waals surface area contributed by atoms with Crippen LogP contribution in [0.2, 0.25) is 0 Å². The molecule has 0 N–H and O–H groups in total. The predicted octanol–water partition coefficient (Wildman–Crippen LogP) is 23.4. The summed E-state index contributed by atoms with van der Waals surface area (Å²) >= 11 is 0. The molecule has 0 aliphatic heterocycles. The smallest absolute Gasteiger partial charge is 0.240 e. The Hall–Kier alpha value is -11.6. The number of hydrogen-bond donors (Lipinski definition) is 0. The first kappa shape index (κ1) is 56.4. The van der Waals surface area contributed by atoms with E-state index >= 15 is 0 Å². The first-order chi connectivity index (χ1) is 46.6. The monoisotopic (exact) mass is 1240 g/mol. The molecule has 0 radical (unpaired) electrons. The van der Waals surface area contributed by atoms with E-state index in [1.54, 1.807) is 0 Å². The summed E-state index contributed by atoms with van der Waals surface area (Å²) < 4.78 is 4.49. The summed E-state index contributed by atoms with van der Waals surface area (Å²) in [5.74, 6) is 1.56. The fourth-order valence-corrected chi connectivity index (χ4v) is 22.0. The molecule has 5 nitrogen and oxygen atoms in total.